The monoisotopic (exact) mass is 426 g/mol. The molecule has 3 fully saturated rings. The van der Waals surface area contributed by atoms with E-state index in [0.29, 0.717) is 0 Å². The van der Waals surface area contributed by atoms with E-state index in [4.69, 9.17) is 23.7 Å². The van der Waals surface area contributed by atoms with Crippen molar-refractivity contribution in [2.45, 2.75) is 147 Å². The van der Waals surface area contributed by atoms with Crippen LogP contribution in [0.4, 0.5) is 0 Å². The van der Waals surface area contributed by atoms with Crippen LogP contribution in [0.1, 0.15) is 111 Å². The summed E-state index contributed by atoms with van der Waals surface area (Å²) < 4.78 is 29.6. The minimum atomic E-state index is -0.596. The van der Waals surface area contributed by atoms with E-state index in [1.807, 2.05) is 13.8 Å². The Morgan fingerprint density at radius 3 is 1.80 bits per heavy atom. The summed E-state index contributed by atoms with van der Waals surface area (Å²) in [6.45, 7) is 7.67. The number of fused-ring (bicyclic) bond motifs is 1. The zero-order valence-electron chi connectivity index (χ0n) is 19.7. The molecular formula is C25H46O5. The van der Waals surface area contributed by atoms with E-state index >= 15 is 0 Å². The summed E-state index contributed by atoms with van der Waals surface area (Å²) in [4.78, 5) is 0. The molecule has 0 aromatic heterocycles. The SMILES string of the molecule is CCCCCCCCCCCCCCCCO[C@@H]1[C@H]2OC(C)(C)O[C@H]2O[C@@H]1[C@H]1CO1. The fourth-order valence-corrected chi connectivity index (χ4v) is 4.75. The van der Waals surface area contributed by atoms with E-state index < -0.39 is 5.79 Å². The molecule has 0 unspecified atom stereocenters. The summed E-state index contributed by atoms with van der Waals surface area (Å²) in [5.41, 5.74) is 0. The van der Waals surface area contributed by atoms with Crippen LogP contribution in [0.3, 0.4) is 0 Å². The van der Waals surface area contributed by atoms with Gasteiger partial charge in [0, 0.05) is 6.61 Å². The first kappa shape index (κ1) is 24.4. The first-order valence-corrected chi connectivity index (χ1v) is 12.8. The van der Waals surface area contributed by atoms with Crippen molar-refractivity contribution in [3.05, 3.63) is 0 Å². The van der Waals surface area contributed by atoms with Crippen molar-refractivity contribution < 1.29 is 23.7 Å². The molecule has 3 saturated heterocycles. The summed E-state index contributed by atoms with van der Waals surface area (Å²) >= 11 is 0. The predicted octanol–water partition coefficient (Wildman–Crippen LogP) is 6.13. The standard InChI is InChI=1S/C25H46O5/c1-4-5-6-7-8-9-10-11-12-13-14-15-16-17-18-26-22-21(20-19-27-20)28-24-23(22)29-25(2,3)30-24/h20-24H,4-19H2,1-3H3/t20-,21-,22+,23-,24-/m1/s1. The molecule has 176 valence electrons. The Morgan fingerprint density at radius 1 is 0.733 bits per heavy atom. The Kier molecular flexibility index (Phi) is 10.4. The molecule has 0 spiro atoms. The third-order valence-electron chi connectivity index (χ3n) is 6.56. The van der Waals surface area contributed by atoms with Crippen molar-refractivity contribution in [3.8, 4) is 0 Å². The molecule has 0 saturated carbocycles. The summed E-state index contributed by atoms with van der Waals surface area (Å²) in [6.07, 6.45) is 18.7. The maximum Gasteiger partial charge on any atom is 0.190 e. The fraction of sp³-hybridized carbons (Fsp3) is 1.00. The van der Waals surface area contributed by atoms with Gasteiger partial charge in [0.1, 0.15) is 24.4 Å². The summed E-state index contributed by atoms with van der Waals surface area (Å²) in [6, 6.07) is 0. The Labute approximate surface area is 184 Å². The van der Waals surface area contributed by atoms with E-state index in [0.717, 1.165) is 19.6 Å². The van der Waals surface area contributed by atoms with Gasteiger partial charge < -0.3 is 23.7 Å². The van der Waals surface area contributed by atoms with E-state index in [9.17, 15) is 0 Å². The molecule has 0 aromatic rings. The molecule has 0 N–H and O–H groups in total. The van der Waals surface area contributed by atoms with Crippen molar-refractivity contribution in [2.24, 2.45) is 0 Å². The van der Waals surface area contributed by atoms with Crippen LogP contribution in [-0.4, -0.2) is 49.7 Å². The first-order chi connectivity index (χ1) is 14.6. The fourth-order valence-electron chi connectivity index (χ4n) is 4.75. The minimum absolute atomic E-state index is 0.0530. The highest BCUT2D eigenvalue weighted by atomic mass is 16.8. The average Bonchev–Trinajstić information content (AvgIpc) is 3.44. The quantitative estimate of drug-likeness (QED) is 0.207. The van der Waals surface area contributed by atoms with E-state index in [1.165, 1.54) is 83.5 Å². The van der Waals surface area contributed by atoms with Gasteiger partial charge in [-0.25, -0.2) is 0 Å². The van der Waals surface area contributed by atoms with Crippen LogP contribution < -0.4 is 0 Å². The molecule has 30 heavy (non-hydrogen) atoms. The van der Waals surface area contributed by atoms with Crippen LogP contribution in [0, 0.1) is 0 Å². The number of epoxide rings is 1. The smallest absolute Gasteiger partial charge is 0.190 e. The molecule has 0 radical (unpaired) electrons. The lowest BCUT2D eigenvalue weighted by Crippen LogP contribution is -2.39. The van der Waals surface area contributed by atoms with Crippen molar-refractivity contribution in [2.75, 3.05) is 13.2 Å². The maximum absolute atomic E-state index is 6.22. The molecular weight excluding hydrogens is 380 g/mol. The van der Waals surface area contributed by atoms with Crippen molar-refractivity contribution in [1.29, 1.82) is 0 Å². The lowest BCUT2D eigenvalue weighted by molar-refractivity contribution is -0.220. The van der Waals surface area contributed by atoms with E-state index in [2.05, 4.69) is 6.92 Å². The second-order valence-electron chi connectivity index (χ2n) is 9.87. The number of ether oxygens (including phenoxy) is 5. The topological polar surface area (TPSA) is 49.5 Å². The molecule has 5 heteroatoms. The molecule has 3 aliphatic heterocycles. The van der Waals surface area contributed by atoms with E-state index in [1.54, 1.807) is 0 Å². The molecule has 3 rings (SSSR count). The Hall–Kier alpha value is -0.200. The lowest BCUT2D eigenvalue weighted by atomic mass is 10.0. The minimum Gasteiger partial charge on any atom is -0.372 e. The van der Waals surface area contributed by atoms with Gasteiger partial charge in [-0.3, -0.25) is 0 Å². The third kappa shape index (κ3) is 8.05. The summed E-state index contributed by atoms with van der Waals surface area (Å²) in [5.74, 6) is -0.596. The highest BCUT2D eigenvalue weighted by Gasteiger charge is 2.59. The molecule has 3 heterocycles. The van der Waals surface area contributed by atoms with Crippen molar-refractivity contribution >= 4 is 0 Å². The number of rotatable bonds is 17. The average molecular weight is 427 g/mol. The van der Waals surface area contributed by atoms with E-state index in [-0.39, 0.29) is 30.7 Å². The molecule has 0 amide bonds. The van der Waals surface area contributed by atoms with Crippen LogP contribution in [0.25, 0.3) is 0 Å². The first-order valence-electron chi connectivity index (χ1n) is 12.8. The second kappa shape index (κ2) is 12.7. The van der Waals surface area contributed by atoms with Crippen molar-refractivity contribution in [1.82, 2.24) is 0 Å². The number of hydrogen-bond acceptors (Lipinski definition) is 5. The normalized spacial score (nSPS) is 31.9. The summed E-state index contributed by atoms with van der Waals surface area (Å²) in [5, 5.41) is 0. The van der Waals surface area contributed by atoms with Crippen LogP contribution in [0.15, 0.2) is 0 Å². The van der Waals surface area contributed by atoms with Crippen LogP contribution in [0.5, 0.6) is 0 Å². The predicted molar refractivity (Wildman–Crippen MR) is 118 cm³/mol. The van der Waals surface area contributed by atoms with Gasteiger partial charge in [-0.15, -0.1) is 0 Å². The molecule has 0 aromatic carbocycles. The zero-order valence-corrected chi connectivity index (χ0v) is 19.7. The lowest BCUT2D eigenvalue weighted by Gasteiger charge is -2.25. The largest absolute Gasteiger partial charge is 0.372 e. The highest BCUT2D eigenvalue weighted by Crippen LogP contribution is 2.41. The second-order valence-corrected chi connectivity index (χ2v) is 9.87. The highest BCUT2D eigenvalue weighted by molar-refractivity contribution is 5.00. The molecule has 5 nitrogen and oxygen atoms in total. The Bertz CT molecular complexity index is 464. The van der Waals surface area contributed by atoms with Gasteiger partial charge in [0.05, 0.1) is 6.61 Å². The van der Waals surface area contributed by atoms with Crippen molar-refractivity contribution in [3.63, 3.8) is 0 Å². The maximum atomic E-state index is 6.22. The molecule has 3 aliphatic rings. The van der Waals surface area contributed by atoms with Gasteiger partial charge in [0.25, 0.3) is 0 Å². The number of unbranched alkanes of at least 4 members (excludes halogenated alkanes) is 13. The van der Waals surface area contributed by atoms with Gasteiger partial charge in [-0.1, -0.05) is 90.4 Å². The van der Waals surface area contributed by atoms with Gasteiger partial charge in [-0.2, -0.15) is 0 Å². The summed E-state index contributed by atoms with van der Waals surface area (Å²) in [7, 11) is 0. The molecule has 0 bridgehead atoms. The van der Waals surface area contributed by atoms with Gasteiger partial charge in [-0.05, 0) is 20.3 Å². The van der Waals surface area contributed by atoms with Gasteiger partial charge in [0.2, 0.25) is 0 Å². The molecule has 5 atom stereocenters. The zero-order chi connectivity index (χ0) is 21.2. The third-order valence-corrected chi connectivity index (χ3v) is 6.56. The van der Waals surface area contributed by atoms with Gasteiger partial charge >= 0.3 is 0 Å². The number of hydrogen-bond donors (Lipinski definition) is 0. The van der Waals surface area contributed by atoms with Crippen LogP contribution in [-0.2, 0) is 23.7 Å². The Balaban J connectivity index is 1.15. The van der Waals surface area contributed by atoms with Crippen LogP contribution in [0.2, 0.25) is 0 Å². The molecule has 0 aliphatic carbocycles. The van der Waals surface area contributed by atoms with Crippen LogP contribution >= 0.6 is 0 Å². The Morgan fingerprint density at radius 2 is 1.27 bits per heavy atom. The van der Waals surface area contributed by atoms with Gasteiger partial charge in [0.15, 0.2) is 12.1 Å².